The molecule has 1 heterocycles. The molecule has 1 nitrogen and oxygen atoms in total. The van der Waals surface area contributed by atoms with Gasteiger partial charge in [0.25, 0.3) is 0 Å². The summed E-state index contributed by atoms with van der Waals surface area (Å²) in [5, 5.41) is 6.33. The molecule has 0 radical (unpaired) electrons. The van der Waals surface area contributed by atoms with Gasteiger partial charge >= 0.3 is 0 Å². The normalized spacial score (nSPS) is 11.1. The van der Waals surface area contributed by atoms with Crippen molar-refractivity contribution >= 4 is 37.2 Å². The van der Waals surface area contributed by atoms with Gasteiger partial charge in [-0.05, 0) is 36.2 Å². The molecule has 0 atom stereocenters. The lowest BCUT2D eigenvalue weighted by Gasteiger charge is -2.09. The van der Waals surface area contributed by atoms with Gasteiger partial charge < -0.3 is 5.32 Å². The number of thiophene rings is 1. The molecule has 0 aliphatic heterocycles. The van der Waals surface area contributed by atoms with E-state index in [0.29, 0.717) is 0 Å². The third-order valence-electron chi connectivity index (χ3n) is 3.95. The first kappa shape index (κ1) is 13.4. The zero-order valence-corrected chi connectivity index (χ0v) is 13.3. The standard InChI is InChI=1S/C20H17NS/c1-14-11-17-16-9-5-6-10-19(16)22-20(17)18(12-14)21-13-15-7-3-2-4-8-15/h2-12,21H,13H2,1H3. The highest BCUT2D eigenvalue weighted by atomic mass is 32.1. The Morgan fingerprint density at radius 2 is 1.64 bits per heavy atom. The van der Waals surface area contributed by atoms with Gasteiger partial charge in [0.05, 0.1) is 10.4 Å². The smallest absolute Gasteiger partial charge is 0.0587 e. The van der Waals surface area contributed by atoms with Gasteiger partial charge in [-0.25, -0.2) is 0 Å². The minimum Gasteiger partial charge on any atom is -0.380 e. The van der Waals surface area contributed by atoms with Crippen LogP contribution in [0.4, 0.5) is 5.69 Å². The Bertz CT molecular complexity index is 938. The van der Waals surface area contributed by atoms with Crippen molar-refractivity contribution in [2.45, 2.75) is 13.5 Å². The van der Waals surface area contributed by atoms with Crippen molar-refractivity contribution in [1.29, 1.82) is 0 Å². The Kier molecular flexibility index (Phi) is 3.32. The summed E-state index contributed by atoms with van der Waals surface area (Å²) in [6.45, 7) is 3.02. The van der Waals surface area contributed by atoms with Gasteiger partial charge in [0.1, 0.15) is 0 Å². The molecule has 4 aromatic rings. The fourth-order valence-corrected chi connectivity index (χ4v) is 4.07. The molecule has 2 heteroatoms. The molecule has 3 aromatic carbocycles. The SMILES string of the molecule is Cc1cc(NCc2ccccc2)c2sc3ccccc3c2c1. The lowest BCUT2D eigenvalue weighted by atomic mass is 10.1. The highest BCUT2D eigenvalue weighted by Crippen LogP contribution is 2.39. The van der Waals surface area contributed by atoms with Gasteiger partial charge in [-0.2, -0.15) is 0 Å². The van der Waals surface area contributed by atoms with E-state index < -0.39 is 0 Å². The predicted octanol–water partition coefficient (Wildman–Crippen LogP) is 5.98. The van der Waals surface area contributed by atoms with Gasteiger partial charge in [-0.1, -0.05) is 48.5 Å². The fourth-order valence-electron chi connectivity index (χ4n) is 2.90. The summed E-state index contributed by atoms with van der Waals surface area (Å²) >= 11 is 1.87. The second-order valence-electron chi connectivity index (χ2n) is 5.63. The number of benzene rings is 3. The van der Waals surface area contributed by atoms with Crippen LogP contribution in [-0.4, -0.2) is 0 Å². The van der Waals surface area contributed by atoms with Crippen molar-refractivity contribution in [3.05, 3.63) is 77.9 Å². The zero-order valence-electron chi connectivity index (χ0n) is 12.5. The highest BCUT2D eigenvalue weighted by molar-refractivity contribution is 7.26. The quantitative estimate of drug-likeness (QED) is 0.491. The van der Waals surface area contributed by atoms with Crippen molar-refractivity contribution in [2.24, 2.45) is 0 Å². The van der Waals surface area contributed by atoms with Crippen LogP contribution in [-0.2, 0) is 6.54 Å². The van der Waals surface area contributed by atoms with Crippen LogP contribution in [0.25, 0.3) is 20.2 Å². The van der Waals surface area contributed by atoms with Crippen molar-refractivity contribution < 1.29 is 0 Å². The van der Waals surface area contributed by atoms with E-state index in [-0.39, 0.29) is 0 Å². The number of fused-ring (bicyclic) bond motifs is 3. The second kappa shape index (κ2) is 5.47. The number of anilines is 1. The van der Waals surface area contributed by atoms with Gasteiger partial charge in [0, 0.05) is 22.0 Å². The summed E-state index contributed by atoms with van der Waals surface area (Å²) in [4.78, 5) is 0. The van der Waals surface area contributed by atoms with E-state index >= 15 is 0 Å². The van der Waals surface area contributed by atoms with E-state index in [9.17, 15) is 0 Å². The molecule has 0 aliphatic rings. The van der Waals surface area contributed by atoms with E-state index in [1.807, 2.05) is 11.3 Å². The molecule has 4 rings (SSSR count). The Labute approximate surface area is 134 Å². The van der Waals surface area contributed by atoms with Crippen LogP contribution in [0.2, 0.25) is 0 Å². The van der Waals surface area contributed by atoms with E-state index in [0.717, 1.165) is 6.54 Å². The largest absolute Gasteiger partial charge is 0.380 e. The molecule has 0 unspecified atom stereocenters. The maximum absolute atomic E-state index is 3.62. The Balaban J connectivity index is 1.79. The number of hydrogen-bond donors (Lipinski definition) is 1. The summed E-state index contributed by atoms with van der Waals surface area (Å²) in [5.74, 6) is 0. The van der Waals surface area contributed by atoms with Crippen LogP contribution in [0, 0.1) is 6.92 Å². The number of aryl methyl sites for hydroxylation is 1. The summed E-state index contributed by atoms with van der Waals surface area (Å²) in [6, 6.07) is 23.7. The summed E-state index contributed by atoms with van der Waals surface area (Å²) < 4.78 is 2.70. The third-order valence-corrected chi connectivity index (χ3v) is 5.17. The maximum Gasteiger partial charge on any atom is 0.0587 e. The van der Waals surface area contributed by atoms with E-state index in [1.54, 1.807) is 0 Å². The number of hydrogen-bond acceptors (Lipinski definition) is 2. The number of nitrogens with one attached hydrogen (secondary N) is 1. The first-order valence-corrected chi connectivity index (χ1v) is 8.32. The molecular formula is C20H17NS. The van der Waals surface area contributed by atoms with Crippen LogP contribution in [0.15, 0.2) is 66.7 Å². The molecule has 1 N–H and O–H groups in total. The second-order valence-corrected chi connectivity index (χ2v) is 6.68. The van der Waals surface area contributed by atoms with Crippen LogP contribution >= 0.6 is 11.3 Å². The average Bonchev–Trinajstić information content (AvgIpc) is 2.92. The van der Waals surface area contributed by atoms with Gasteiger partial charge in [-0.15, -0.1) is 11.3 Å². The predicted molar refractivity (Wildman–Crippen MR) is 97.8 cm³/mol. The Morgan fingerprint density at radius 3 is 2.50 bits per heavy atom. The molecule has 0 fully saturated rings. The van der Waals surface area contributed by atoms with Gasteiger partial charge in [0.2, 0.25) is 0 Å². The molecule has 108 valence electrons. The Morgan fingerprint density at radius 1 is 0.864 bits per heavy atom. The first-order chi connectivity index (χ1) is 10.8. The molecule has 0 saturated carbocycles. The molecule has 1 aromatic heterocycles. The minimum absolute atomic E-state index is 0.855. The molecule has 0 saturated heterocycles. The average molecular weight is 303 g/mol. The first-order valence-electron chi connectivity index (χ1n) is 7.51. The van der Waals surface area contributed by atoms with E-state index in [4.69, 9.17) is 0 Å². The topological polar surface area (TPSA) is 12.0 Å². The summed E-state index contributed by atoms with van der Waals surface area (Å²) in [6.07, 6.45) is 0. The van der Waals surface area contributed by atoms with Crippen LogP contribution in [0.5, 0.6) is 0 Å². The third kappa shape index (κ3) is 2.36. The zero-order chi connectivity index (χ0) is 14.9. The molecule has 0 aliphatic carbocycles. The molecule has 0 spiro atoms. The molecule has 0 bridgehead atoms. The van der Waals surface area contributed by atoms with Crippen molar-refractivity contribution in [3.63, 3.8) is 0 Å². The van der Waals surface area contributed by atoms with E-state index in [2.05, 4.69) is 79.0 Å². The monoisotopic (exact) mass is 303 g/mol. The molecule has 0 amide bonds. The van der Waals surface area contributed by atoms with Crippen LogP contribution in [0.1, 0.15) is 11.1 Å². The fraction of sp³-hybridized carbons (Fsp3) is 0.100. The van der Waals surface area contributed by atoms with Gasteiger partial charge in [0.15, 0.2) is 0 Å². The Hall–Kier alpha value is -2.32. The summed E-state index contributed by atoms with van der Waals surface area (Å²) in [7, 11) is 0. The maximum atomic E-state index is 3.62. The highest BCUT2D eigenvalue weighted by Gasteiger charge is 2.09. The van der Waals surface area contributed by atoms with Crippen LogP contribution < -0.4 is 5.32 Å². The summed E-state index contributed by atoms with van der Waals surface area (Å²) in [5.41, 5.74) is 3.84. The van der Waals surface area contributed by atoms with Crippen molar-refractivity contribution in [3.8, 4) is 0 Å². The van der Waals surface area contributed by atoms with Gasteiger partial charge in [-0.3, -0.25) is 0 Å². The lowest BCUT2D eigenvalue weighted by molar-refractivity contribution is 1.15. The lowest BCUT2D eigenvalue weighted by Crippen LogP contribution is -1.99. The molecular weight excluding hydrogens is 286 g/mol. The van der Waals surface area contributed by atoms with Crippen molar-refractivity contribution in [2.75, 3.05) is 5.32 Å². The minimum atomic E-state index is 0.855. The van der Waals surface area contributed by atoms with E-state index in [1.165, 1.54) is 37.0 Å². The van der Waals surface area contributed by atoms with Crippen LogP contribution in [0.3, 0.4) is 0 Å². The van der Waals surface area contributed by atoms with Crippen molar-refractivity contribution in [1.82, 2.24) is 0 Å². The molecule has 22 heavy (non-hydrogen) atoms. The number of rotatable bonds is 3.